The Kier molecular flexibility index (Phi) is 4.37. The number of halogens is 1. The standard InChI is InChI=1S/C15H15FN2O3/c1-9(21-13-4-3-7-18-14(13)17)12-8-10(16)5-6-11(12)15(19)20-2/h3-9H,1-2H3,(H2,17,18). The van der Waals surface area contributed by atoms with Crippen molar-refractivity contribution >= 4 is 11.8 Å². The first kappa shape index (κ1) is 14.8. The van der Waals surface area contributed by atoms with Crippen LogP contribution in [0.1, 0.15) is 28.9 Å². The molecule has 0 saturated heterocycles. The van der Waals surface area contributed by atoms with Crippen molar-refractivity contribution in [3.8, 4) is 5.75 Å². The maximum Gasteiger partial charge on any atom is 0.338 e. The second kappa shape index (κ2) is 6.21. The summed E-state index contributed by atoms with van der Waals surface area (Å²) in [7, 11) is 1.26. The molecular weight excluding hydrogens is 275 g/mol. The number of hydrogen-bond acceptors (Lipinski definition) is 5. The predicted octanol–water partition coefficient (Wildman–Crippen LogP) is 2.73. The molecule has 0 bridgehead atoms. The summed E-state index contributed by atoms with van der Waals surface area (Å²) in [4.78, 5) is 15.6. The van der Waals surface area contributed by atoms with Gasteiger partial charge in [0.1, 0.15) is 11.9 Å². The Balaban J connectivity index is 2.34. The number of nitrogen functional groups attached to an aromatic ring is 1. The molecule has 6 heteroatoms. The van der Waals surface area contributed by atoms with E-state index >= 15 is 0 Å². The average molecular weight is 290 g/mol. The first-order valence-corrected chi connectivity index (χ1v) is 6.28. The maximum absolute atomic E-state index is 13.4. The van der Waals surface area contributed by atoms with Crippen LogP contribution >= 0.6 is 0 Å². The van der Waals surface area contributed by atoms with Gasteiger partial charge in [0.25, 0.3) is 0 Å². The molecule has 1 heterocycles. The first-order valence-electron chi connectivity index (χ1n) is 6.28. The molecule has 0 aliphatic carbocycles. The molecular formula is C15H15FN2O3. The molecule has 2 rings (SSSR count). The van der Waals surface area contributed by atoms with Crippen molar-refractivity contribution in [2.75, 3.05) is 12.8 Å². The zero-order chi connectivity index (χ0) is 15.4. The summed E-state index contributed by atoms with van der Waals surface area (Å²) in [6, 6.07) is 7.12. The van der Waals surface area contributed by atoms with Crippen LogP contribution in [0.3, 0.4) is 0 Å². The Labute approximate surface area is 121 Å². The lowest BCUT2D eigenvalue weighted by molar-refractivity contribution is 0.0595. The van der Waals surface area contributed by atoms with Crippen molar-refractivity contribution in [3.63, 3.8) is 0 Å². The van der Waals surface area contributed by atoms with Gasteiger partial charge >= 0.3 is 5.97 Å². The van der Waals surface area contributed by atoms with Crippen molar-refractivity contribution in [2.24, 2.45) is 0 Å². The number of anilines is 1. The predicted molar refractivity (Wildman–Crippen MR) is 75.4 cm³/mol. The summed E-state index contributed by atoms with van der Waals surface area (Å²) in [5, 5.41) is 0. The van der Waals surface area contributed by atoms with Crippen molar-refractivity contribution in [1.82, 2.24) is 4.98 Å². The van der Waals surface area contributed by atoms with E-state index in [9.17, 15) is 9.18 Å². The van der Waals surface area contributed by atoms with Crippen LogP contribution in [-0.4, -0.2) is 18.1 Å². The summed E-state index contributed by atoms with van der Waals surface area (Å²) in [5.41, 5.74) is 6.32. The lowest BCUT2D eigenvalue weighted by Gasteiger charge is -2.18. The fourth-order valence-electron chi connectivity index (χ4n) is 1.92. The molecule has 2 aromatic rings. The van der Waals surface area contributed by atoms with Crippen molar-refractivity contribution in [2.45, 2.75) is 13.0 Å². The summed E-state index contributed by atoms with van der Waals surface area (Å²) in [5.74, 6) is -0.433. The first-order chi connectivity index (χ1) is 10.0. The van der Waals surface area contributed by atoms with E-state index in [2.05, 4.69) is 9.72 Å². The molecule has 21 heavy (non-hydrogen) atoms. The lowest BCUT2D eigenvalue weighted by atomic mass is 10.0. The maximum atomic E-state index is 13.4. The largest absolute Gasteiger partial charge is 0.482 e. The van der Waals surface area contributed by atoms with E-state index in [4.69, 9.17) is 10.5 Å². The zero-order valence-electron chi connectivity index (χ0n) is 11.7. The molecule has 1 unspecified atom stereocenters. The average Bonchev–Trinajstić information content (AvgIpc) is 2.48. The number of rotatable bonds is 4. The molecule has 1 aromatic carbocycles. The van der Waals surface area contributed by atoms with Gasteiger partial charge in [-0.2, -0.15) is 0 Å². The Morgan fingerprint density at radius 1 is 1.38 bits per heavy atom. The summed E-state index contributed by atoms with van der Waals surface area (Å²) in [6.07, 6.45) is 0.941. The molecule has 0 saturated carbocycles. The second-order valence-electron chi connectivity index (χ2n) is 4.37. The molecule has 0 aliphatic rings. The smallest absolute Gasteiger partial charge is 0.338 e. The summed E-state index contributed by atoms with van der Waals surface area (Å²) >= 11 is 0. The number of methoxy groups -OCH3 is 1. The Morgan fingerprint density at radius 3 is 2.81 bits per heavy atom. The highest BCUT2D eigenvalue weighted by Crippen LogP contribution is 2.28. The van der Waals surface area contributed by atoms with Crippen LogP contribution in [0.25, 0.3) is 0 Å². The lowest BCUT2D eigenvalue weighted by Crippen LogP contribution is -2.12. The molecule has 0 radical (unpaired) electrons. The minimum Gasteiger partial charge on any atom is -0.482 e. The topological polar surface area (TPSA) is 74.4 Å². The van der Waals surface area contributed by atoms with Crippen LogP contribution in [-0.2, 0) is 4.74 Å². The highest BCUT2D eigenvalue weighted by molar-refractivity contribution is 5.91. The molecule has 2 N–H and O–H groups in total. The number of hydrogen-bond donors (Lipinski definition) is 1. The van der Waals surface area contributed by atoms with E-state index in [0.29, 0.717) is 11.3 Å². The van der Waals surface area contributed by atoms with Crippen molar-refractivity contribution < 1.29 is 18.7 Å². The van der Waals surface area contributed by atoms with E-state index in [1.54, 1.807) is 19.1 Å². The number of nitrogens with zero attached hydrogens (tertiary/aromatic N) is 1. The summed E-state index contributed by atoms with van der Waals surface area (Å²) < 4.78 is 23.8. The summed E-state index contributed by atoms with van der Waals surface area (Å²) in [6.45, 7) is 1.69. The third-order valence-corrected chi connectivity index (χ3v) is 2.96. The number of aromatic nitrogens is 1. The molecule has 0 spiro atoms. The van der Waals surface area contributed by atoms with Gasteiger partial charge in [0.05, 0.1) is 12.7 Å². The second-order valence-corrected chi connectivity index (χ2v) is 4.37. The quantitative estimate of drug-likeness (QED) is 0.876. The molecule has 0 aliphatic heterocycles. The van der Waals surface area contributed by atoms with Gasteiger partial charge in [0, 0.05) is 11.8 Å². The van der Waals surface area contributed by atoms with E-state index in [-0.39, 0.29) is 11.4 Å². The number of carbonyl (C=O) groups is 1. The van der Waals surface area contributed by atoms with Gasteiger partial charge in [-0.05, 0) is 37.3 Å². The number of carbonyl (C=O) groups excluding carboxylic acids is 1. The normalized spacial score (nSPS) is 11.8. The van der Waals surface area contributed by atoms with E-state index in [1.165, 1.54) is 31.5 Å². The Bertz CT molecular complexity index is 661. The van der Waals surface area contributed by atoms with Gasteiger partial charge in [-0.15, -0.1) is 0 Å². The fourth-order valence-corrected chi connectivity index (χ4v) is 1.92. The van der Waals surface area contributed by atoms with E-state index in [1.807, 2.05) is 0 Å². The molecule has 1 aromatic heterocycles. The number of esters is 1. The number of ether oxygens (including phenoxy) is 2. The minimum absolute atomic E-state index is 0.223. The third-order valence-electron chi connectivity index (χ3n) is 2.96. The van der Waals surface area contributed by atoms with Crippen molar-refractivity contribution in [3.05, 3.63) is 53.5 Å². The highest BCUT2D eigenvalue weighted by atomic mass is 19.1. The van der Waals surface area contributed by atoms with E-state index < -0.39 is 17.9 Å². The monoisotopic (exact) mass is 290 g/mol. The van der Waals surface area contributed by atoms with Crippen LogP contribution in [0.15, 0.2) is 36.5 Å². The molecule has 0 fully saturated rings. The molecule has 110 valence electrons. The number of pyridine rings is 1. The minimum atomic E-state index is -0.596. The van der Waals surface area contributed by atoms with Crippen LogP contribution in [0.2, 0.25) is 0 Å². The van der Waals surface area contributed by atoms with Gasteiger partial charge < -0.3 is 15.2 Å². The fraction of sp³-hybridized carbons (Fsp3) is 0.200. The van der Waals surface area contributed by atoms with Crippen LogP contribution < -0.4 is 10.5 Å². The Morgan fingerprint density at radius 2 is 2.14 bits per heavy atom. The number of nitrogens with two attached hydrogens (primary N) is 1. The zero-order valence-corrected chi connectivity index (χ0v) is 11.7. The van der Waals surface area contributed by atoms with Crippen LogP contribution in [0, 0.1) is 5.82 Å². The third kappa shape index (κ3) is 3.28. The van der Waals surface area contributed by atoms with Gasteiger partial charge in [-0.3, -0.25) is 0 Å². The Hall–Kier alpha value is -2.63. The SMILES string of the molecule is COC(=O)c1ccc(F)cc1C(C)Oc1cccnc1N. The van der Waals surface area contributed by atoms with Gasteiger partial charge in [0.15, 0.2) is 11.6 Å². The highest BCUT2D eigenvalue weighted by Gasteiger charge is 2.19. The van der Waals surface area contributed by atoms with E-state index in [0.717, 1.165) is 0 Å². The van der Waals surface area contributed by atoms with Crippen LogP contribution in [0.4, 0.5) is 10.2 Å². The van der Waals surface area contributed by atoms with Gasteiger partial charge in [-0.25, -0.2) is 14.2 Å². The van der Waals surface area contributed by atoms with Crippen LogP contribution in [0.5, 0.6) is 5.75 Å². The van der Waals surface area contributed by atoms with Gasteiger partial charge in [0.2, 0.25) is 0 Å². The molecule has 5 nitrogen and oxygen atoms in total. The van der Waals surface area contributed by atoms with Crippen molar-refractivity contribution in [1.29, 1.82) is 0 Å². The molecule has 1 atom stereocenters. The number of benzene rings is 1. The van der Waals surface area contributed by atoms with Gasteiger partial charge in [-0.1, -0.05) is 0 Å². The molecule has 0 amide bonds.